The molecule has 1 aliphatic rings. The number of nitrogens with zero attached hydrogens (tertiary/aromatic N) is 1. The monoisotopic (exact) mass is 193 g/mol. The van der Waals surface area contributed by atoms with Crippen LogP contribution in [0.25, 0.3) is 0 Å². The Kier molecular flexibility index (Phi) is 3.19. The average molecular weight is 193 g/mol. The highest BCUT2D eigenvalue weighted by Crippen LogP contribution is 2.17. The zero-order valence-corrected chi connectivity index (χ0v) is 8.28. The Morgan fingerprint density at radius 2 is 2.14 bits per heavy atom. The summed E-state index contributed by atoms with van der Waals surface area (Å²) in [5.74, 6) is 4.37. The fourth-order valence-electron chi connectivity index (χ4n) is 1.17. The molecule has 0 saturated carbocycles. The number of amides is 2. The van der Waals surface area contributed by atoms with Gasteiger partial charge in [0.2, 0.25) is 5.91 Å². The lowest BCUT2D eigenvalue weighted by Gasteiger charge is -2.16. The van der Waals surface area contributed by atoms with Crippen LogP contribution in [0.5, 0.6) is 0 Å². The lowest BCUT2D eigenvalue weighted by molar-refractivity contribution is -0.141. The number of carbonyl (C=O) groups excluding carboxylic acids is 2. The van der Waals surface area contributed by atoms with Crippen LogP contribution in [-0.4, -0.2) is 16.8 Å². The summed E-state index contributed by atoms with van der Waals surface area (Å²) < 4.78 is 0. The summed E-state index contributed by atoms with van der Waals surface area (Å²) in [7, 11) is 0. The molecule has 0 bridgehead atoms. The van der Waals surface area contributed by atoms with Crippen LogP contribution in [-0.2, 0) is 9.59 Å². The molecule has 1 radical (unpaired) electrons. The second-order valence-corrected chi connectivity index (χ2v) is 3.18. The molecule has 4 heteroatoms. The van der Waals surface area contributed by atoms with Crippen LogP contribution in [0.3, 0.4) is 0 Å². The third kappa shape index (κ3) is 2.29. The molecule has 0 spiro atoms. The molecule has 4 nitrogen and oxygen atoms in total. The average Bonchev–Trinajstić information content (AvgIpc) is 2.15. The predicted octanol–water partition coefficient (Wildman–Crippen LogP) is 0.716. The minimum atomic E-state index is -0.462. The molecule has 75 valence electrons. The van der Waals surface area contributed by atoms with Crippen LogP contribution < -0.4 is 5.84 Å². The highest BCUT2D eigenvalue weighted by molar-refractivity contribution is 6.04. The normalized spacial score (nSPS) is 15.6. The van der Waals surface area contributed by atoms with Crippen LogP contribution in [0.1, 0.15) is 20.3 Å². The van der Waals surface area contributed by atoms with E-state index in [1.165, 1.54) is 6.92 Å². The van der Waals surface area contributed by atoms with Crippen LogP contribution in [0.4, 0.5) is 0 Å². The minimum absolute atomic E-state index is 0.454. The van der Waals surface area contributed by atoms with Crippen molar-refractivity contribution in [2.24, 2.45) is 5.84 Å². The predicted molar refractivity (Wildman–Crippen MR) is 52.5 cm³/mol. The van der Waals surface area contributed by atoms with Gasteiger partial charge in [-0.3, -0.25) is 9.59 Å². The number of carbonyl (C=O) groups is 2. The van der Waals surface area contributed by atoms with Crippen molar-refractivity contribution >= 4 is 11.8 Å². The van der Waals surface area contributed by atoms with Gasteiger partial charge in [-0.15, -0.1) is 0 Å². The minimum Gasteiger partial charge on any atom is -0.273 e. The van der Waals surface area contributed by atoms with Crippen molar-refractivity contribution in [3.63, 3.8) is 0 Å². The van der Waals surface area contributed by atoms with Crippen molar-refractivity contribution in [1.82, 2.24) is 5.01 Å². The number of imide groups is 1. The Morgan fingerprint density at radius 1 is 1.50 bits per heavy atom. The van der Waals surface area contributed by atoms with E-state index >= 15 is 0 Å². The first-order chi connectivity index (χ1) is 6.52. The summed E-state index contributed by atoms with van der Waals surface area (Å²) in [6.07, 6.45) is 6.16. The van der Waals surface area contributed by atoms with Gasteiger partial charge >= 0.3 is 0 Å². The Bertz CT molecular complexity index is 329. The van der Waals surface area contributed by atoms with E-state index in [-0.39, 0.29) is 0 Å². The number of rotatable bonds is 1. The van der Waals surface area contributed by atoms with Gasteiger partial charge in [0, 0.05) is 18.9 Å². The first kappa shape index (κ1) is 10.7. The fourth-order valence-corrected chi connectivity index (χ4v) is 1.17. The van der Waals surface area contributed by atoms with Gasteiger partial charge in [0.1, 0.15) is 0 Å². The van der Waals surface area contributed by atoms with Crippen LogP contribution in [0.15, 0.2) is 23.3 Å². The Morgan fingerprint density at radius 3 is 2.64 bits per heavy atom. The molecule has 0 aliphatic heterocycles. The van der Waals surface area contributed by atoms with Gasteiger partial charge in [-0.2, -0.15) is 0 Å². The molecule has 1 aliphatic carbocycles. The van der Waals surface area contributed by atoms with Gasteiger partial charge in [-0.05, 0) is 13.3 Å². The van der Waals surface area contributed by atoms with Crippen molar-refractivity contribution in [2.75, 3.05) is 0 Å². The molecule has 2 N–H and O–H groups in total. The lowest BCUT2D eigenvalue weighted by atomic mass is 10.00. The summed E-state index contributed by atoms with van der Waals surface area (Å²) in [6, 6.07) is 0. The van der Waals surface area contributed by atoms with Crippen LogP contribution in [0, 0.1) is 6.42 Å². The Balaban J connectivity index is 2.80. The number of nitrogens with two attached hydrogens (primary N) is 1. The van der Waals surface area contributed by atoms with E-state index in [1.54, 1.807) is 12.5 Å². The SMILES string of the molecule is CC(=O)N(N)C(=O)C1=CC(C)=CC[CH]1. The second kappa shape index (κ2) is 4.19. The molecule has 0 aromatic rings. The topological polar surface area (TPSA) is 63.4 Å². The second-order valence-electron chi connectivity index (χ2n) is 3.18. The molecule has 14 heavy (non-hydrogen) atoms. The van der Waals surface area contributed by atoms with Gasteiger partial charge < -0.3 is 0 Å². The molecule has 0 atom stereocenters. The summed E-state index contributed by atoms with van der Waals surface area (Å²) in [5, 5.41) is 0.626. The summed E-state index contributed by atoms with van der Waals surface area (Å²) in [4.78, 5) is 22.4. The fraction of sp³-hybridized carbons (Fsp3) is 0.300. The number of allylic oxidation sites excluding steroid dienone is 3. The standard InChI is InChI=1S/C10H13N2O2/c1-7-4-3-5-9(6-7)10(14)12(11)8(2)13/h4-6H,3,11H2,1-2H3. The highest BCUT2D eigenvalue weighted by atomic mass is 16.2. The third-order valence-electron chi connectivity index (χ3n) is 1.97. The van der Waals surface area contributed by atoms with Gasteiger partial charge in [0.05, 0.1) is 0 Å². The molecule has 0 fully saturated rings. The molecule has 0 aromatic heterocycles. The molecule has 0 heterocycles. The van der Waals surface area contributed by atoms with Gasteiger partial charge in [-0.25, -0.2) is 10.9 Å². The van der Waals surface area contributed by atoms with Gasteiger partial charge in [-0.1, -0.05) is 17.7 Å². The van der Waals surface area contributed by atoms with Crippen LogP contribution in [0.2, 0.25) is 0 Å². The zero-order valence-electron chi connectivity index (χ0n) is 8.28. The maximum Gasteiger partial charge on any atom is 0.271 e. The van der Waals surface area contributed by atoms with Crippen molar-refractivity contribution in [3.05, 3.63) is 29.7 Å². The van der Waals surface area contributed by atoms with Crippen molar-refractivity contribution in [3.8, 4) is 0 Å². The molecule has 2 amide bonds. The number of hydrazine groups is 1. The zero-order chi connectivity index (χ0) is 10.7. The van der Waals surface area contributed by atoms with E-state index in [9.17, 15) is 9.59 Å². The van der Waals surface area contributed by atoms with E-state index in [0.29, 0.717) is 17.0 Å². The summed E-state index contributed by atoms with van der Waals surface area (Å²) in [5.41, 5.74) is 1.48. The van der Waals surface area contributed by atoms with Crippen molar-refractivity contribution in [2.45, 2.75) is 20.3 Å². The van der Waals surface area contributed by atoms with Crippen LogP contribution >= 0.6 is 0 Å². The quantitative estimate of drug-likeness (QED) is 0.379. The Hall–Kier alpha value is -1.42. The lowest BCUT2D eigenvalue weighted by Crippen LogP contribution is -2.42. The van der Waals surface area contributed by atoms with Crippen molar-refractivity contribution in [1.29, 1.82) is 0 Å². The van der Waals surface area contributed by atoms with E-state index in [4.69, 9.17) is 5.84 Å². The molecule has 0 aromatic carbocycles. The Labute approximate surface area is 83.0 Å². The van der Waals surface area contributed by atoms with Crippen molar-refractivity contribution < 1.29 is 9.59 Å². The maximum absolute atomic E-state index is 11.5. The van der Waals surface area contributed by atoms with E-state index in [2.05, 4.69) is 0 Å². The van der Waals surface area contributed by atoms with Gasteiger partial charge in [0.25, 0.3) is 5.91 Å². The molecule has 0 unspecified atom stereocenters. The number of hydrogen-bond donors (Lipinski definition) is 1. The van der Waals surface area contributed by atoms with Gasteiger partial charge in [0.15, 0.2) is 0 Å². The molecule has 1 rings (SSSR count). The molecular formula is C10H13N2O2. The summed E-state index contributed by atoms with van der Waals surface area (Å²) >= 11 is 0. The van der Waals surface area contributed by atoms with E-state index in [0.717, 1.165) is 5.57 Å². The molecule has 0 saturated heterocycles. The number of hydrogen-bond acceptors (Lipinski definition) is 3. The van der Waals surface area contributed by atoms with E-state index < -0.39 is 11.8 Å². The maximum atomic E-state index is 11.5. The third-order valence-corrected chi connectivity index (χ3v) is 1.97. The summed E-state index contributed by atoms with van der Waals surface area (Å²) in [6.45, 7) is 3.15. The first-order valence-corrected chi connectivity index (χ1v) is 4.33. The van der Waals surface area contributed by atoms with E-state index in [1.807, 2.05) is 13.0 Å². The smallest absolute Gasteiger partial charge is 0.271 e. The molecular weight excluding hydrogens is 180 g/mol. The highest BCUT2D eigenvalue weighted by Gasteiger charge is 2.19. The first-order valence-electron chi connectivity index (χ1n) is 4.33. The largest absolute Gasteiger partial charge is 0.273 e.